The van der Waals surface area contributed by atoms with Crippen LogP contribution in [0.15, 0.2) is 42.5 Å². The van der Waals surface area contributed by atoms with Crippen LogP contribution >= 0.6 is 11.6 Å². The average molecular weight is 278 g/mol. The van der Waals surface area contributed by atoms with E-state index >= 15 is 0 Å². The quantitative estimate of drug-likeness (QED) is 0.842. The Bertz CT molecular complexity index is 613. The van der Waals surface area contributed by atoms with Gasteiger partial charge in [-0.15, -0.1) is 0 Å². The maximum atomic E-state index is 11.1. The van der Waals surface area contributed by atoms with Crippen LogP contribution < -0.4 is 10.5 Å². The number of anilines is 1. The van der Waals surface area contributed by atoms with E-state index in [2.05, 4.69) is 0 Å². The zero-order valence-corrected chi connectivity index (χ0v) is 10.7. The highest BCUT2D eigenvalue weighted by molar-refractivity contribution is 6.31. The van der Waals surface area contributed by atoms with Gasteiger partial charge >= 0.3 is 5.97 Å². The number of carboxylic acid groups (broad SMARTS) is 1. The number of carbonyl (C=O) groups is 1. The summed E-state index contributed by atoms with van der Waals surface area (Å²) in [5, 5.41) is 9.68. The van der Waals surface area contributed by atoms with Crippen LogP contribution in [0.1, 0.15) is 15.9 Å². The summed E-state index contributed by atoms with van der Waals surface area (Å²) >= 11 is 6.00. The van der Waals surface area contributed by atoms with Crippen molar-refractivity contribution in [2.24, 2.45) is 0 Å². The highest BCUT2D eigenvalue weighted by Gasteiger charge is 2.15. The molecule has 5 heteroatoms. The third kappa shape index (κ3) is 2.98. The molecule has 98 valence electrons. The standard InChI is InChI=1S/C14H12ClNO3/c15-10-5-2-1-4-9(10)8-19-12-7-3-6-11(16)13(12)14(17)18/h1-7H,8,16H2,(H,17,18). The number of nitrogens with two attached hydrogens (primary N) is 1. The van der Waals surface area contributed by atoms with Gasteiger partial charge in [0.2, 0.25) is 0 Å². The maximum Gasteiger partial charge on any atom is 0.341 e. The van der Waals surface area contributed by atoms with Crippen LogP contribution in [0.2, 0.25) is 5.02 Å². The number of carboxylic acids is 1. The average Bonchev–Trinajstić information content (AvgIpc) is 2.37. The molecule has 0 heterocycles. The Morgan fingerprint density at radius 2 is 1.95 bits per heavy atom. The lowest BCUT2D eigenvalue weighted by atomic mass is 10.1. The number of rotatable bonds is 4. The monoisotopic (exact) mass is 277 g/mol. The molecule has 2 aromatic rings. The van der Waals surface area contributed by atoms with Gasteiger partial charge in [-0.1, -0.05) is 35.9 Å². The van der Waals surface area contributed by atoms with Crippen molar-refractivity contribution in [2.45, 2.75) is 6.61 Å². The fraction of sp³-hybridized carbons (Fsp3) is 0.0714. The van der Waals surface area contributed by atoms with Gasteiger partial charge in [-0.05, 0) is 18.2 Å². The second-order valence-electron chi connectivity index (χ2n) is 3.91. The van der Waals surface area contributed by atoms with E-state index in [1.165, 1.54) is 6.07 Å². The number of hydrogen-bond acceptors (Lipinski definition) is 3. The number of ether oxygens (including phenoxy) is 1. The van der Waals surface area contributed by atoms with Gasteiger partial charge in [-0.2, -0.15) is 0 Å². The van der Waals surface area contributed by atoms with Crippen molar-refractivity contribution in [1.82, 2.24) is 0 Å². The Kier molecular flexibility index (Phi) is 3.92. The second-order valence-corrected chi connectivity index (χ2v) is 4.31. The van der Waals surface area contributed by atoms with Crippen LogP contribution in [0.4, 0.5) is 5.69 Å². The van der Waals surface area contributed by atoms with Crippen LogP contribution in [-0.4, -0.2) is 11.1 Å². The Hall–Kier alpha value is -2.20. The Morgan fingerprint density at radius 1 is 1.21 bits per heavy atom. The van der Waals surface area contributed by atoms with E-state index in [0.29, 0.717) is 5.02 Å². The first-order valence-electron chi connectivity index (χ1n) is 5.57. The number of aromatic carboxylic acids is 1. The molecule has 0 radical (unpaired) electrons. The zero-order valence-electron chi connectivity index (χ0n) is 9.97. The molecule has 0 aliphatic carbocycles. The van der Waals surface area contributed by atoms with Gasteiger partial charge in [0.15, 0.2) is 0 Å². The van der Waals surface area contributed by atoms with Crippen molar-refractivity contribution >= 4 is 23.3 Å². The van der Waals surface area contributed by atoms with E-state index in [-0.39, 0.29) is 23.6 Å². The molecule has 4 nitrogen and oxygen atoms in total. The lowest BCUT2D eigenvalue weighted by Crippen LogP contribution is -2.07. The molecule has 0 aliphatic rings. The smallest absolute Gasteiger partial charge is 0.341 e. The molecule has 0 fully saturated rings. The first-order chi connectivity index (χ1) is 9.09. The lowest BCUT2D eigenvalue weighted by Gasteiger charge is -2.11. The Labute approximate surface area is 115 Å². The molecule has 0 aromatic heterocycles. The lowest BCUT2D eigenvalue weighted by molar-refractivity contribution is 0.0693. The van der Waals surface area contributed by atoms with Gasteiger partial charge in [0.25, 0.3) is 0 Å². The second kappa shape index (κ2) is 5.63. The molecule has 2 aromatic carbocycles. The molecule has 0 unspecified atom stereocenters. The number of benzene rings is 2. The summed E-state index contributed by atoms with van der Waals surface area (Å²) < 4.78 is 5.50. The van der Waals surface area contributed by atoms with E-state index in [1.54, 1.807) is 18.2 Å². The van der Waals surface area contributed by atoms with Gasteiger partial charge < -0.3 is 15.6 Å². The Morgan fingerprint density at radius 3 is 2.63 bits per heavy atom. The van der Waals surface area contributed by atoms with Crippen molar-refractivity contribution in [3.8, 4) is 5.75 Å². The van der Waals surface area contributed by atoms with Gasteiger partial charge in [-0.25, -0.2) is 4.79 Å². The molecule has 3 N–H and O–H groups in total. The largest absolute Gasteiger partial charge is 0.488 e. The van der Waals surface area contributed by atoms with Gasteiger partial charge in [0.05, 0.1) is 0 Å². The summed E-state index contributed by atoms with van der Waals surface area (Å²) in [6, 6.07) is 11.9. The van der Waals surface area contributed by atoms with E-state index in [4.69, 9.17) is 27.2 Å². The van der Waals surface area contributed by atoms with E-state index < -0.39 is 5.97 Å². The van der Waals surface area contributed by atoms with Crippen molar-refractivity contribution in [3.63, 3.8) is 0 Å². The van der Waals surface area contributed by atoms with Crippen LogP contribution in [-0.2, 0) is 6.61 Å². The summed E-state index contributed by atoms with van der Waals surface area (Å²) in [6.45, 7) is 0.184. The first-order valence-corrected chi connectivity index (χ1v) is 5.95. The normalized spacial score (nSPS) is 10.2. The maximum absolute atomic E-state index is 11.1. The Balaban J connectivity index is 2.23. The molecule has 0 amide bonds. The first kappa shape index (κ1) is 13.2. The summed E-state index contributed by atoms with van der Waals surface area (Å²) in [6.07, 6.45) is 0. The van der Waals surface area contributed by atoms with Crippen molar-refractivity contribution in [1.29, 1.82) is 0 Å². The van der Waals surface area contributed by atoms with Crippen LogP contribution in [0.3, 0.4) is 0 Å². The SMILES string of the molecule is Nc1cccc(OCc2ccccc2Cl)c1C(=O)O. The molecule has 0 saturated heterocycles. The third-order valence-electron chi connectivity index (χ3n) is 2.61. The zero-order chi connectivity index (χ0) is 13.8. The molecule has 0 spiro atoms. The van der Waals surface area contributed by atoms with E-state index in [0.717, 1.165) is 5.56 Å². The molecule has 0 atom stereocenters. The minimum absolute atomic E-state index is 0.0328. The van der Waals surface area contributed by atoms with Crippen LogP contribution in [0.25, 0.3) is 0 Å². The number of halogens is 1. The fourth-order valence-corrected chi connectivity index (χ4v) is 1.86. The van der Waals surface area contributed by atoms with Crippen LogP contribution in [0.5, 0.6) is 5.75 Å². The number of nitrogen functional groups attached to an aromatic ring is 1. The molecular weight excluding hydrogens is 266 g/mol. The van der Waals surface area contributed by atoms with Crippen molar-refractivity contribution in [2.75, 3.05) is 5.73 Å². The molecular formula is C14H12ClNO3. The minimum atomic E-state index is -1.12. The molecule has 0 bridgehead atoms. The van der Waals surface area contributed by atoms with Gasteiger partial charge in [-0.3, -0.25) is 0 Å². The van der Waals surface area contributed by atoms with E-state index in [9.17, 15) is 4.79 Å². The highest BCUT2D eigenvalue weighted by Crippen LogP contribution is 2.26. The number of hydrogen-bond donors (Lipinski definition) is 2. The van der Waals surface area contributed by atoms with Crippen molar-refractivity contribution in [3.05, 3.63) is 58.6 Å². The third-order valence-corrected chi connectivity index (χ3v) is 2.98. The molecule has 0 saturated carbocycles. The van der Waals surface area contributed by atoms with Gasteiger partial charge in [0, 0.05) is 16.3 Å². The van der Waals surface area contributed by atoms with Crippen LogP contribution in [0, 0.1) is 0 Å². The molecule has 0 aliphatic heterocycles. The van der Waals surface area contributed by atoms with Gasteiger partial charge in [0.1, 0.15) is 17.9 Å². The molecule has 19 heavy (non-hydrogen) atoms. The van der Waals surface area contributed by atoms with Crippen molar-refractivity contribution < 1.29 is 14.6 Å². The predicted octanol–water partition coefficient (Wildman–Crippen LogP) is 3.20. The topological polar surface area (TPSA) is 72.5 Å². The minimum Gasteiger partial charge on any atom is -0.488 e. The summed E-state index contributed by atoms with van der Waals surface area (Å²) in [7, 11) is 0. The molecule has 2 rings (SSSR count). The fourth-order valence-electron chi connectivity index (χ4n) is 1.67. The summed E-state index contributed by atoms with van der Waals surface area (Å²) in [5.41, 5.74) is 6.55. The summed E-state index contributed by atoms with van der Waals surface area (Å²) in [5.74, 6) is -0.889. The highest BCUT2D eigenvalue weighted by atomic mass is 35.5. The summed E-state index contributed by atoms with van der Waals surface area (Å²) in [4.78, 5) is 11.1. The predicted molar refractivity (Wildman–Crippen MR) is 73.6 cm³/mol. The van der Waals surface area contributed by atoms with E-state index in [1.807, 2.05) is 18.2 Å².